The summed E-state index contributed by atoms with van der Waals surface area (Å²) in [6.45, 7) is 0. The fourth-order valence-corrected chi connectivity index (χ4v) is 1.96. The average Bonchev–Trinajstić information content (AvgIpc) is 2.49. The number of hydrogen-bond donors (Lipinski definition) is 2. The normalized spacial score (nSPS) is 10.7. The number of hydrazone groups is 1. The van der Waals surface area contributed by atoms with Crippen molar-refractivity contribution in [1.82, 2.24) is 0 Å². The second kappa shape index (κ2) is 7.45. The molecular formula is C16H15ClN2O2. The SMILES string of the molecule is O=C(O)c1ccc(Cl)c(N/N=C\CCc2ccccc2)c1. The van der Waals surface area contributed by atoms with E-state index in [9.17, 15) is 4.79 Å². The van der Waals surface area contributed by atoms with Crippen LogP contribution < -0.4 is 5.43 Å². The quantitative estimate of drug-likeness (QED) is 0.624. The highest BCUT2D eigenvalue weighted by atomic mass is 35.5. The zero-order valence-electron chi connectivity index (χ0n) is 11.3. The Kier molecular flexibility index (Phi) is 5.35. The van der Waals surface area contributed by atoms with E-state index in [2.05, 4.69) is 22.7 Å². The lowest BCUT2D eigenvalue weighted by Crippen LogP contribution is -1.98. The Hall–Kier alpha value is -2.33. The Labute approximate surface area is 128 Å². The molecule has 0 aliphatic carbocycles. The zero-order chi connectivity index (χ0) is 15.1. The number of hydrogen-bond acceptors (Lipinski definition) is 3. The van der Waals surface area contributed by atoms with Crippen LogP contribution in [0.4, 0.5) is 5.69 Å². The monoisotopic (exact) mass is 302 g/mol. The van der Waals surface area contributed by atoms with E-state index in [0.717, 1.165) is 12.8 Å². The van der Waals surface area contributed by atoms with E-state index in [-0.39, 0.29) is 5.56 Å². The van der Waals surface area contributed by atoms with Crippen molar-refractivity contribution in [1.29, 1.82) is 0 Å². The summed E-state index contributed by atoms with van der Waals surface area (Å²) in [6.07, 6.45) is 3.43. The van der Waals surface area contributed by atoms with Gasteiger partial charge in [-0.15, -0.1) is 0 Å². The topological polar surface area (TPSA) is 61.7 Å². The molecule has 2 rings (SSSR count). The molecule has 0 aromatic heterocycles. The van der Waals surface area contributed by atoms with Gasteiger partial charge in [0.2, 0.25) is 0 Å². The van der Waals surface area contributed by atoms with Gasteiger partial charge in [-0.3, -0.25) is 5.43 Å². The fourth-order valence-electron chi connectivity index (χ4n) is 1.80. The summed E-state index contributed by atoms with van der Waals surface area (Å²) in [5.74, 6) is -0.997. The summed E-state index contributed by atoms with van der Waals surface area (Å²) < 4.78 is 0. The number of halogens is 1. The summed E-state index contributed by atoms with van der Waals surface area (Å²) in [5.41, 5.74) is 4.66. The van der Waals surface area contributed by atoms with Crippen LogP contribution in [0.15, 0.2) is 53.6 Å². The maximum atomic E-state index is 10.9. The third-order valence-corrected chi connectivity index (χ3v) is 3.22. The van der Waals surface area contributed by atoms with Gasteiger partial charge in [0, 0.05) is 6.21 Å². The highest BCUT2D eigenvalue weighted by molar-refractivity contribution is 6.33. The molecule has 0 atom stereocenters. The van der Waals surface area contributed by atoms with E-state index in [1.807, 2.05) is 18.2 Å². The van der Waals surface area contributed by atoms with Crippen molar-refractivity contribution in [2.45, 2.75) is 12.8 Å². The van der Waals surface area contributed by atoms with Crippen LogP contribution in [0, 0.1) is 0 Å². The number of carboxylic acids is 1. The maximum absolute atomic E-state index is 10.9. The third kappa shape index (κ3) is 4.61. The van der Waals surface area contributed by atoms with Crippen molar-refractivity contribution >= 4 is 29.5 Å². The Bertz CT molecular complexity index is 642. The fraction of sp³-hybridized carbons (Fsp3) is 0.125. The largest absolute Gasteiger partial charge is 0.478 e. The van der Waals surface area contributed by atoms with E-state index in [1.165, 1.54) is 23.8 Å². The van der Waals surface area contributed by atoms with E-state index in [4.69, 9.17) is 16.7 Å². The molecule has 0 radical (unpaired) electrons. The van der Waals surface area contributed by atoms with E-state index in [1.54, 1.807) is 6.21 Å². The lowest BCUT2D eigenvalue weighted by Gasteiger charge is -2.04. The van der Waals surface area contributed by atoms with Gasteiger partial charge in [0.1, 0.15) is 0 Å². The number of carbonyl (C=O) groups is 1. The molecule has 2 N–H and O–H groups in total. The first-order valence-electron chi connectivity index (χ1n) is 6.51. The minimum atomic E-state index is -0.997. The predicted octanol–water partition coefficient (Wildman–Crippen LogP) is 4.07. The Morgan fingerprint density at radius 3 is 2.71 bits per heavy atom. The Morgan fingerprint density at radius 1 is 1.24 bits per heavy atom. The van der Waals surface area contributed by atoms with Gasteiger partial charge in [-0.1, -0.05) is 41.9 Å². The van der Waals surface area contributed by atoms with E-state index in [0.29, 0.717) is 10.7 Å². The molecule has 0 fully saturated rings. The number of anilines is 1. The van der Waals surface area contributed by atoms with Crippen LogP contribution in [0.2, 0.25) is 5.02 Å². The molecule has 0 amide bonds. The van der Waals surface area contributed by atoms with Gasteiger partial charge >= 0.3 is 5.97 Å². The molecular weight excluding hydrogens is 288 g/mol. The van der Waals surface area contributed by atoms with Gasteiger partial charge in [0.15, 0.2) is 0 Å². The molecule has 5 heteroatoms. The van der Waals surface area contributed by atoms with Crippen molar-refractivity contribution < 1.29 is 9.90 Å². The first-order chi connectivity index (χ1) is 10.2. The van der Waals surface area contributed by atoms with E-state index >= 15 is 0 Å². The molecule has 0 saturated heterocycles. The summed E-state index contributed by atoms with van der Waals surface area (Å²) in [6, 6.07) is 14.6. The van der Waals surface area contributed by atoms with Crippen LogP contribution in [0.3, 0.4) is 0 Å². The molecule has 0 unspecified atom stereocenters. The van der Waals surface area contributed by atoms with Crippen LogP contribution in [0.5, 0.6) is 0 Å². The number of carboxylic acid groups (broad SMARTS) is 1. The second-order valence-electron chi connectivity index (χ2n) is 4.45. The molecule has 0 aliphatic rings. The molecule has 2 aromatic carbocycles. The van der Waals surface area contributed by atoms with Gasteiger partial charge in [-0.25, -0.2) is 4.79 Å². The molecule has 0 saturated carbocycles. The lowest BCUT2D eigenvalue weighted by atomic mass is 10.1. The number of benzene rings is 2. The van der Waals surface area contributed by atoms with Crippen LogP contribution in [-0.2, 0) is 6.42 Å². The molecule has 108 valence electrons. The van der Waals surface area contributed by atoms with Crippen LogP contribution in [0.1, 0.15) is 22.3 Å². The van der Waals surface area contributed by atoms with Crippen LogP contribution in [0.25, 0.3) is 0 Å². The first kappa shape index (κ1) is 15.1. The standard InChI is InChI=1S/C16H15ClN2O2/c17-14-9-8-13(16(20)21)11-15(14)19-18-10-4-7-12-5-2-1-3-6-12/h1-3,5-6,8-11,19H,4,7H2,(H,20,21)/b18-10-. The predicted molar refractivity (Wildman–Crippen MR) is 85.3 cm³/mol. The highest BCUT2D eigenvalue weighted by Gasteiger charge is 2.06. The Morgan fingerprint density at radius 2 is 2.00 bits per heavy atom. The summed E-state index contributed by atoms with van der Waals surface area (Å²) in [4.78, 5) is 10.9. The van der Waals surface area contributed by atoms with Crippen molar-refractivity contribution in [2.75, 3.05) is 5.43 Å². The molecule has 4 nitrogen and oxygen atoms in total. The number of rotatable bonds is 6. The second-order valence-corrected chi connectivity index (χ2v) is 4.85. The first-order valence-corrected chi connectivity index (χ1v) is 6.89. The number of nitrogens with one attached hydrogen (secondary N) is 1. The average molecular weight is 303 g/mol. The Balaban J connectivity index is 1.89. The van der Waals surface area contributed by atoms with Crippen molar-refractivity contribution in [2.24, 2.45) is 5.10 Å². The molecule has 0 bridgehead atoms. The zero-order valence-corrected chi connectivity index (χ0v) is 12.0. The number of aryl methyl sites for hydroxylation is 1. The van der Waals surface area contributed by atoms with Gasteiger partial charge in [0.25, 0.3) is 0 Å². The molecule has 21 heavy (non-hydrogen) atoms. The molecule has 0 spiro atoms. The van der Waals surface area contributed by atoms with Gasteiger partial charge < -0.3 is 5.11 Å². The minimum Gasteiger partial charge on any atom is -0.478 e. The highest BCUT2D eigenvalue weighted by Crippen LogP contribution is 2.23. The van der Waals surface area contributed by atoms with Gasteiger partial charge in [0.05, 0.1) is 16.3 Å². The van der Waals surface area contributed by atoms with Crippen LogP contribution >= 0.6 is 11.6 Å². The van der Waals surface area contributed by atoms with Gasteiger partial charge in [-0.2, -0.15) is 5.10 Å². The summed E-state index contributed by atoms with van der Waals surface area (Å²) >= 11 is 5.98. The van der Waals surface area contributed by atoms with Crippen molar-refractivity contribution in [3.8, 4) is 0 Å². The van der Waals surface area contributed by atoms with Crippen molar-refractivity contribution in [3.05, 3.63) is 64.7 Å². The summed E-state index contributed by atoms with van der Waals surface area (Å²) in [5, 5.41) is 13.4. The summed E-state index contributed by atoms with van der Waals surface area (Å²) in [7, 11) is 0. The van der Waals surface area contributed by atoms with E-state index < -0.39 is 5.97 Å². The third-order valence-electron chi connectivity index (χ3n) is 2.89. The molecule has 2 aromatic rings. The van der Waals surface area contributed by atoms with Crippen LogP contribution in [-0.4, -0.2) is 17.3 Å². The number of nitrogens with zero attached hydrogens (tertiary/aromatic N) is 1. The van der Waals surface area contributed by atoms with Crippen molar-refractivity contribution in [3.63, 3.8) is 0 Å². The minimum absolute atomic E-state index is 0.168. The lowest BCUT2D eigenvalue weighted by molar-refractivity contribution is 0.0697. The smallest absolute Gasteiger partial charge is 0.335 e. The maximum Gasteiger partial charge on any atom is 0.335 e. The van der Waals surface area contributed by atoms with Gasteiger partial charge in [-0.05, 0) is 36.6 Å². The molecule has 0 heterocycles. The molecule has 0 aliphatic heterocycles. The number of aromatic carboxylic acids is 1.